The molecule has 2 amide bonds. The molecule has 1 aliphatic carbocycles. The van der Waals surface area contributed by atoms with E-state index in [0.717, 1.165) is 42.4 Å². The Kier molecular flexibility index (Phi) is 10.1. The molecular weight excluding hydrogens is 556 g/mol. The fourth-order valence-corrected chi connectivity index (χ4v) is 6.23. The van der Waals surface area contributed by atoms with Gasteiger partial charge in [0.05, 0.1) is 46.1 Å². The number of nitrogens with zero attached hydrogens (tertiary/aromatic N) is 2. The molecule has 1 aliphatic heterocycles. The van der Waals surface area contributed by atoms with Crippen molar-refractivity contribution in [3.05, 3.63) is 101 Å². The molecule has 8 heteroatoms. The minimum atomic E-state index is -0.675. The fourth-order valence-electron chi connectivity index (χ4n) is 6.23. The van der Waals surface area contributed by atoms with Crippen molar-refractivity contribution < 1.29 is 28.5 Å². The van der Waals surface area contributed by atoms with E-state index in [1.54, 1.807) is 37.2 Å². The maximum absolute atomic E-state index is 14.5. The molecule has 3 aromatic carbocycles. The summed E-state index contributed by atoms with van der Waals surface area (Å²) in [4.78, 5) is 32.1. The largest absolute Gasteiger partial charge is 0.497 e. The standard InChI is InChI=1S/C36H42N2O6/c1-25-33(35(39)44-24-27-14-9-6-10-15-27)34(28-16-11-17-30(20-28)41-2)38(22-26-12-7-5-8-13-26)36(40)37(25)23-29-18-19-31(42-3)21-32(29)43-4/h5,7-8,11-13,16-21,27,34H,6,9-10,14-15,22-24H2,1-4H3. The minimum absolute atomic E-state index is 0.202. The number of carbonyl (C=O) groups is 2. The summed E-state index contributed by atoms with van der Waals surface area (Å²) in [7, 11) is 4.80. The lowest BCUT2D eigenvalue weighted by Crippen LogP contribution is -2.50. The molecular formula is C36H42N2O6. The molecule has 232 valence electrons. The van der Waals surface area contributed by atoms with Crippen LogP contribution in [0, 0.1) is 5.92 Å². The smallest absolute Gasteiger partial charge is 0.338 e. The number of benzene rings is 3. The van der Waals surface area contributed by atoms with Crippen LogP contribution >= 0.6 is 0 Å². The van der Waals surface area contributed by atoms with Crippen molar-refractivity contribution in [2.45, 2.75) is 58.2 Å². The van der Waals surface area contributed by atoms with E-state index in [0.29, 0.717) is 47.6 Å². The van der Waals surface area contributed by atoms with Crippen LogP contribution in [0.25, 0.3) is 0 Å². The molecule has 0 N–H and O–H groups in total. The SMILES string of the molecule is COc1cccc(C2C(C(=O)OCC3CCCCC3)=C(C)N(Cc3ccc(OC)cc3OC)C(=O)N2Cc2ccccc2)c1. The Morgan fingerprint density at radius 1 is 0.818 bits per heavy atom. The highest BCUT2D eigenvalue weighted by Crippen LogP contribution is 2.41. The van der Waals surface area contributed by atoms with Crippen LogP contribution in [0.2, 0.25) is 0 Å². The molecule has 44 heavy (non-hydrogen) atoms. The van der Waals surface area contributed by atoms with E-state index < -0.39 is 12.0 Å². The molecule has 1 unspecified atom stereocenters. The van der Waals surface area contributed by atoms with Crippen LogP contribution in [0.5, 0.6) is 17.2 Å². The van der Waals surface area contributed by atoms with Gasteiger partial charge in [-0.05, 0) is 61.1 Å². The lowest BCUT2D eigenvalue weighted by atomic mass is 9.90. The molecule has 0 aromatic heterocycles. The number of hydrogen-bond donors (Lipinski definition) is 0. The first-order valence-corrected chi connectivity index (χ1v) is 15.3. The van der Waals surface area contributed by atoms with Crippen molar-refractivity contribution in [2.75, 3.05) is 27.9 Å². The first-order chi connectivity index (χ1) is 21.4. The summed E-state index contributed by atoms with van der Waals surface area (Å²) < 4.78 is 22.7. The van der Waals surface area contributed by atoms with Gasteiger partial charge in [-0.15, -0.1) is 0 Å². The van der Waals surface area contributed by atoms with E-state index in [2.05, 4.69) is 0 Å². The zero-order chi connectivity index (χ0) is 31.1. The Labute approximate surface area is 260 Å². The molecule has 2 aliphatic rings. The highest BCUT2D eigenvalue weighted by Gasteiger charge is 2.43. The van der Waals surface area contributed by atoms with Crippen LogP contribution in [0.3, 0.4) is 0 Å². The number of rotatable bonds is 11. The van der Waals surface area contributed by atoms with E-state index in [4.69, 9.17) is 18.9 Å². The van der Waals surface area contributed by atoms with Crippen molar-refractivity contribution >= 4 is 12.0 Å². The van der Waals surface area contributed by atoms with Crippen molar-refractivity contribution in [2.24, 2.45) is 5.92 Å². The van der Waals surface area contributed by atoms with Crippen LogP contribution in [0.4, 0.5) is 4.79 Å². The number of carbonyl (C=O) groups excluding carboxylic acids is 2. The van der Waals surface area contributed by atoms with Crippen LogP contribution in [0.1, 0.15) is 61.8 Å². The number of ether oxygens (including phenoxy) is 4. The molecule has 8 nitrogen and oxygen atoms in total. The van der Waals surface area contributed by atoms with Crippen molar-refractivity contribution in [3.8, 4) is 17.2 Å². The van der Waals surface area contributed by atoms with Crippen LogP contribution in [0.15, 0.2) is 84.1 Å². The topological polar surface area (TPSA) is 77.5 Å². The Hall–Kier alpha value is -4.46. The zero-order valence-electron chi connectivity index (χ0n) is 26.1. The molecule has 0 radical (unpaired) electrons. The van der Waals surface area contributed by atoms with Gasteiger partial charge in [-0.1, -0.05) is 61.7 Å². The van der Waals surface area contributed by atoms with Crippen LogP contribution in [-0.2, 0) is 22.6 Å². The highest BCUT2D eigenvalue weighted by molar-refractivity contribution is 5.95. The first kappa shape index (κ1) is 31.0. The molecule has 1 saturated carbocycles. The quantitative estimate of drug-likeness (QED) is 0.216. The van der Waals surface area contributed by atoms with Gasteiger partial charge >= 0.3 is 12.0 Å². The van der Waals surface area contributed by atoms with E-state index in [-0.39, 0.29) is 12.6 Å². The summed E-state index contributed by atoms with van der Waals surface area (Å²) in [6.07, 6.45) is 5.67. The van der Waals surface area contributed by atoms with Crippen molar-refractivity contribution in [1.29, 1.82) is 0 Å². The summed E-state index contributed by atoms with van der Waals surface area (Å²) in [6.45, 7) is 2.70. The minimum Gasteiger partial charge on any atom is -0.497 e. The van der Waals surface area contributed by atoms with Gasteiger partial charge in [-0.2, -0.15) is 0 Å². The van der Waals surface area contributed by atoms with Gasteiger partial charge in [0.2, 0.25) is 0 Å². The van der Waals surface area contributed by atoms with E-state index in [9.17, 15) is 9.59 Å². The molecule has 1 fully saturated rings. The Balaban J connectivity index is 1.61. The molecule has 5 rings (SSSR count). The average Bonchev–Trinajstić information content (AvgIpc) is 3.07. The van der Waals surface area contributed by atoms with Crippen molar-refractivity contribution in [1.82, 2.24) is 9.80 Å². The van der Waals surface area contributed by atoms with Gasteiger partial charge in [-0.25, -0.2) is 9.59 Å². The van der Waals surface area contributed by atoms with Crippen LogP contribution in [-0.4, -0.2) is 49.7 Å². The van der Waals surface area contributed by atoms with E-state index in [1.807, 2.05) is 73.7 Å². The molecule has 0 spiro atoms. The molecule has 1 heterocycles. The summed E-state index contributed by atoms with van der Waals surface area (Å²) >= 11 is 0. The lowest BCUT2D eigenvalue weighted by molar-refractivity contribution is -0.141. The van der Waals surface area contributed by atoms with Gasteiger partial charge in [0, 0.05) is 23.9 Å². The number of esters is 1. The third-order valence-electron chi connectivity index (χ3n) is 8.68. The highest BCUT2D eigenvalue weighted by atomic mass is 16.5. The monoisotopic (exact) mass is 598 g/mol. The first-order valence-electron chi connectivity index (χ1n) is 15.3. The molecule has 0 saturated heterocycles. The second kappa shape index (κ2) is 14.3. The normalized spacial score (nSPS) is 17.5. The lowest BCUT2D eigenvalue weighted by Gasteiger charge is -2.43. The van der Waals surface area contributed by atoms with E-state index >= 15 is 0 Å². The Morgan fingerprint density at radius 3 is 2.25 bits per heavy atom. The Morgan fingerprint density at radius 2 is 1.55 bits per heavy atom. The number of hydrogen-bond acceptors (Lipinski definition) is 6. The van der Waals surface area contributed by atoms with E-state index in [1.165, 1.54) is 6.42 Å². The second-order valence-corrected chi connectivity index (χ2v) is 11.4. The number of urea groups is 1. The summed E-state index contributed by atoms with van der Waals surface area (Å²) in [5.41, 5.74) is 3.51. The maximum Gasteiger partial charge on any atom is 0.338 e. The summed E-state index contributed by atoms with van der Waals surface area (Å²) in [6, 6.07) is 22.0. The average molecular weight is 599 g/mol. The molecule has 0 bridgehead atoms. The Bertz CT molecular complexity index is 1480. The third kappa shape index (κ3) is 6.85. The predicted octanol–water partition coefficient (Wildman–Crippen LogP) is 7.29. The second-order valence-electron chi connectivity index (χ2n) is 11.4. The number of allylic oxidation sites excluding steroid dienone is 1. The number of methoxy groups -OCH3 is 3. The van der Waals surface area contributed by atoms with Gasteiger partial charge in [0.25, 0.3) is 0 Å². The third-order valence-corrected chi connectivity index (χ3v) is 8.68. The summed E-state index contributed by atoms with van der Waals surface area (Å²) in [5.74, 6) is 1.84. The zero-order valence-corrected chi connectivity index (χ0v) is 26.1. The molecule has 3 aromatic rings. The van der Waals surface area contributed by atoms with Crippen molar-refractivity contribution in [3.63, 3.8) is 0 Å². The fraction of sp³-hybridized carbons (Fsp3) is 0.389. The maximum atomic E-state index is 14.5. The van der Waals surface area contributed by atoms with Gasteiger partial charge < -0.3 is 23.8 Å². The van der Waals surface area contributed by atoms with Gasteiger partial charge in [0.15, 0.2) is 0 Å². The molecule has 1 atom stereocenters. The number of amides is 2. The van der Waals surface area contributed by atoms with Gasteiger partial charge in [-0.3, -0.25) is 4.90 Å². The van der Waals surface area contributed by atoms with Crippen LogP contribution < -0.4 is 14.2 Å². The van der Waals surface area contributed by atoms with Gasteiger partial charge in [0.1, 0.15) is 17.2 Å². The predicted molar refractivity (Wildman–Crippen MR) is 168 cm³/mol. The summed E-state index contributed by atoms with van der Waals surface area (Å²) in [5, 5.41) is 0.